The molecule has 226 valence electrons. The van der Waals surface area contributed by atoms with Crippen LogP contribution in [0.5, 0.6) is 0 Å². The highest BCUT2D eigenvalue weighted by Crippen LogP contribution is 2.45. The molecule has 0 saturated carbocycles. The summed E-state index contributed by atoms with van der Waals surface area (Å²) in [6.45, 7) is 0. The maximum Gasteiger partial charge on any atom is 0.0554 e. The standard InChI is InChI=1S/C46H31NS/c1-3-12-32(13-4-1)33-22-26-38(27-23-33)47(43-19-11-21-45-46(43)41-18-9-10-20-44(41)48-45)39-28-24-34(25-29-39)37-30-36-16-7-8-17-40(36)42(31-37)35-14-5-2-6-15-35/h1-31H. The van der Waals surface area contributed by atoms with E-state index in [1.165, 1.54) is 70.0 Å². The third-order valence-corrected chi connectivity index (χ3v) is 10.4. The summed E-state index contributed by atoms with van der Waals surface area (Å²) in [7, 11) is 0. The Morgan fingerprint density at radius 2 is 0.896 bits per heavy atom. The Bertz CT molecular complexity index is 2530. The highest BCUT2D eigenvalue weighted by atomic mass is 32.1. The van der Waals surface area contributed by atoms with Gasteiger partial charge in [0.15, 0.2) is 0 Å². The molecule has 0 aliphatic carbocycles. The van der Waals surface area contributed by atoms with Gasteiger partial charge in [0, 0.05) is 31.5 Å². The number of hydrogen-bond donors (Lipinski definition) is 0. The van der Waals surface area contributed by atoms with Crippen LogP contribution in [0, 0.1) is 0 Å². The molecule has 9 rings (SSSR count). The van der Waals surface area contributed by atoms with Gasteiger partial charge in [0.25, 0.3) is 0 Å². The lowest BCUT2D eigenvalue weighted by atomic mass is 9.93. The average Bonchev–Trinajstić information content (AvgIpc) is 3.55. The maximum absolute atomic E-state index is 2.41. The van der Waals surface area contributed by atoms with Crippen LogP contribution in [0.2, 0.25) is 0 Å². The summed E-state index contributed by atoms with van der Waals surface area (Å²) < 4.78 is 2.60. The van der Waals surface area contributed by atoms with E-state index in [0.29, 0.717) is 0 Å². The molecular formula is C46H31NS. The molecule has 0 radical (unpaired) electrons. The van der Waals surface area contributed by atoms with E-state index in [2.05, 4.69) is 193 Å². The average molecular weight is 630 g/mol. The molecule has 48 heavy (non-hydrogen) atoms. The Balaban J connectivity index is 1.19. The molecule has 0 fully saturated rings. The minimum Gasteiger partial charge on any atom is -0.310 e. The molecule has 8 aromatic carbocycles. The summed E-state index contributed by atoms with van der Waals surface area (Å²) >= 11 is 1.86. The minimum absolute atomic E-state index is 1.12. The van der Waals surface area contributed by atoms with Crippen LogP contribution in [0.25, 0.3) is 64.3 Å². The van der Waals surface area contributed by atoms with Gasteiger partial charge >= 0.3 is 0 Å². The van der Waals surface area contributed by atoms with Crippen LogP contribution in [0.1, 0.15) is 0 Å². The molecule has 0 bridgehead atoms. The van der Waals surface area contributed by atoms with Crippen molar-refractivity contribution in [3.63, 3.8) is 0 Å². The van der Waals surface area contributed by atoms with Crippen molar-refractivity contribution in [3.05, 3.63) is 188 Å². The van der Waals surface area contributed by atoms with E-state index in [9.17, 15) is 0 Å². The van der Waals surface area contributed by atoms with Crippen molar-refractivity contribution in [2.24, 2.45) is 0 Å². The molecule has 0 N–H and O–H groups in total. The molecule has 0 atom stereocenters. The fourth-order valence-corrected chi connectivity index (χ4v) is 8.07. The van der Waals surface area contributed by atoms with Gasteiger partial charge in [0.1, 0.15) is 0 Å². The summed E-state index contributed by atoms with van der Waals surface area (Å²) in [5, 5.41) is 5.09. The van der Waals surface area contributed by atoms with E-state index >= 15 is 0 Å². The Hall–Kier alpha value is -5.96. The topological polar surface area (TPSA) is 3.24 Å². The van der Waals surface area contributed by atoms with Gasteiger partial charge in [-0.1, -0.05) is 133 Å². The first-order valence-corrected chi connectivity index (χ1v) is 17.2. The van der Waals surface area contributed by atoms with Crippen molar-refractivity contribution in [2.45, 2.75) is 0 Å². The van der Waals surface area contributed by atoms with E-state index < -0.39 is 0 Å². The van der Waals surface area contributed by atoms with Crippen LogP contribution in [0.15, 0.2) is 188 Å². The second-order valence-corrected chi connectivity index (χ2v) is 13.2. The van der Waals surface area contributed by atoms with E-state index in [-0.39, 0.29) is 0 Å². The molecule has 9 aromatic rings. The second kappa shape index (κ2) is 12.0. The van der Waals surface area contributed by atoms with Gasteiger partial charge in [-0.2, -0.15) is 0 Å². The smallest absolute Gasteiger partial charge is 0.0554 e. The Labute approximate surface area is 284 Å². The van der Waals surface area contributed by atoms with Gasteiger partial charge in [-0.05, 0) is 98.8 Å². The summed E-state index contributed by atoms with van der Waals surface area (Å²) in [4.78, 5) is 2.41. The zero-order chi connectivity index (χ0) is 31.9. The lowest BCUT2D eigenvalue weighted by Gasteiger charge is -2.27. The van der Waals surface area contributed by atoms with Crippen LogP contribution < -0.4 is 4.90 Å². The molecule has 0 aliphatic heterocycles. The van der Waals surface area contributed by atoms with Crippen LogP contribution in [-0.2, 0) is 0 Å². The quantitative estimate of drug-likeness (QED) is 0.177. The Kier molecular flexibility index (Phi) is 7.07. The van der Waals surface area contributed by atoms with Gasteiger partial charge in [-0.15, -0.1) is 11.3 Å². The van der Waals surface area contributed by atoms with Crippen molar-refractivity contribution in [1.29, 1.82) is 0 Å². The van der Waals surface area contributed by atoms with Crippen molar-refractivity contribution < 1.29 is 0 Å². The van der Waals surface area contributed by atoms with Crippen molar-refractivity contribution in [3.8, 4) is 33.4 Å². The SMILES string of the molecule is c1ccc(-c2ccc(N(c3ccc(-c4cc(-c5ccccc5)c5ccccc5c4)cc3)c3cccc4sc5ccccc5c34)cc2)cc1. The molecule has 0 spiro atoms. The maximum atomic E-state index is 2.41. The largest absolute Gasteiger partial charge is 0.310 e. The van der Waals surface area contributed by atoms with Gasteiger partial charge in [-0.25, -0.2) is 0 Å². The number of benzene rings is 8. The Morgan fingerprint density at radius 1 is 0.354 bits per heavy atom. The molecule has 0 aliphatic rings. The number of hydrogen-bond acceptors (Lipinski definition) is 2. The van der Waals surface area contributed by atoms with Gasteiger partial charge in [0.2, 0.25) is 0 Å². The van der Waals surface area contributed by atoms with Crippen LogP contribution in [0.4, 0.5) is 17.1 Å². The molecule has 0 amide bonds. The first-order chi connectivity index (χ1) is 23.8. The number of thiophene rings is 1. The predicted octanol–water partition coefficient (Wildman–Crippen LogP) is 13.7. The third-order valence-electron chi connectivity index (χ3n) is 9.26. The van der Waals surface area contributed by atoms with Crippen LogP contribution in [0.3, 0.4) is 0 Å². The van der Waals surface area contributed by atoms with E-state index in [4.69, 9.17) is 0 Å². The Morgan fingerprint density at radius 3 is 1.60 bits per heavy atom. The number of fused-ring (bicyclic) bond motifs is 4. The zero-order valence-corrected chi connectivity index (χ0v) is 27.1. The van der Waals surface area contributed by atoms with Crippen LogP contribution >= 0.6 is 11.3 Å². The minimum atomic E-state index is 1.12. The highest BCUT2D eigenvalue weighted by Gasteiger charge is 2.19. The van der Waals surface area contributed by atoms with Gasteiger partial charge < -0.3 is 4.90 Å². The zero-order valence-electron chi connectivity index (χ0n) is 26.3. The summed E-state index contributed by atoms with van der Waals surface area (Å²) in [5.41, 5.74) is 10.7. The third kappa shape index (κ3) is 5.04. The summed E-state index contributed by atoms with van der Waals surface area (Å²) in [6.07, 6.45) is 0. The molecule has 1 nitrogen and oxygen atoms in total. The van der Waals surface area contributed by atoms with E-state index in [1.54, 1.807) is 0 Å². The van der Waals surface area contributed by atoms with E-state index in [1.807, 2.05) is 11.3 Å². The van der Waals surface area contributed by atoms with Crippen molar-refractivity contribution in [1.82, 2.24) is 0 Å². The lowest BCUT2D eigenvalue weighted by Crippen LogP contribution is -2.10. The normalized spacial score (nSPS) is 11.3. The molecule has 1 heterocycles. The highest BCUT2D eigenvalue weighted by molar-refractivity contribution is 7.26. The first-order valence-electron chi connectivity index (χ1n) is 16.3. The van der Waals surface area contributed by atoms with Crippen molar-refractivity contribution >= 4 is 59.3 Å². The summed E-state index contributed by atoms with van der Waals surface area (Å²) in [5.74, 6) is 0. The number of rotatable bonds is 6. The molecule has 0 unspecified atom stereocenters. The monoisotopic (exact) mass is 629 g/mol. The predicted molar refractivity (Wildman–Crippen MR) is 208 cm³/mol. The van der Waals surface area contributed by atoms with E-state index in [0.717, 1.165) is 11.4 Å². The molecule has 1 aromatic heterocycles. The first kappa shape index (κ1) is 28.3. The number of anilines is 3. The molecule has 2 heteroatoms. The van der Waals surface area contributed by atoms with Crippen LogP contribution in [-0.4, -0.2) is 0 Å². The van der Waals surface area contributed by atoms with Crippen molar-refractivity contribution in [2.75, 3.05) is 4.90 Å². The molecule has 0 saturated heterocycles. The summed E-state index contributed by atoms with van der Waals surface area (Å²) in [6, 6.07) is 68.1. The fraction of sp³-hybridized carbons (Fsp3) is 0. The van der Waals surface area contributed by atoms with Gasteiger partial charge in [-0.3, -0.25) is 0 Å². The lowest BCUT2D eigenvalue weighted by molar-refractivity contribution is 1.30. The van der Waals surface area contributed by atoms with Gasteiger partial charge in [0.05, 0.1) is 5.69 Å². The second-order valence-electron chi connectivity index (χ2n) is 12.2. The fourth-order valence-electron chi connectivity index (χ4n) is 6.94. The number of nitrogens with zero attached hydrogens (tertiary/aromatic N) is 1. The molecular weight excluding hydrogens is 599 g/mol.